The highest BCUT2D eigenvalue weighted by Gasteiger charge is 2.20. The van der Waals surface area contributed by atoms with E-state index in [9.17, 15) is 13.5 Å². The van der Waals surface area contributed by atoms with E-state index in [1.54, 1.807) is 6.33 Å². The summed E-state index contributed by atoms with van der Waals surface area (Å²) >= 11 is 0. The number of nitrogens with zero attached hydrogens (tertiary/aromatic N) is 1. The SMILES string of the molecule is O=S(=O)(CC(O)CCCc1c[nH]cn1)NCC1CCCCC1. The smallest absolute Gasteiger partial charge is 0.214 e. The third-order valence-electron chi connectivity index (χ3n) is 4.25. The Labute approximate surface area is 132 Å². The molecular formula is C15H27N3O3S. The highest BCUT2D eigenvalue weighted by molar-refractivity contribution is 7.89. The maximum absolute atomic E-state index is 12.0. The van der Waals surface area contributed by atoms with Gasteiger partial charge in [-0.25, -0.2) is 18.1 Å². The molecule has 1 aromatic rings. The molecular weight excluding hydrogens is 302 g/mol. The van der Waals surface area contributed by atoms with Crippen molar-refractivity contribution in [3.8, 4) is 0 Å². The predicted molar refractivity (Wildman–Crippen MR) is 85.9 cm³/mol. The third-order valence-corrected chi connectivity index (χ3v) is 5.68. The molecule has 1 aromatic heterocycles. The number of hydrogen-bond donors (Lipinski definition) is 3. The first kappa shape index (κ1) is 17.4. The van der Waals surface area contributed by atoms with Gasteiger partial charge in [-0.05, 0) is 38.0 Å². The number of imidazole rings is 1. The van der Waals surface area contributed by atoms with Gasteiger partial charge in [0, 0.05) is 12.7 Å². The lowest BCUT2D eigenvalue weighted by molar-refractivity contribution is 0.183. The zero-order chi connectivity index (χ0) is 15.8. The van der Waals surface area contributed by atoms with Crippen molar-refractivity contribution in [1.82, 2.24) is 14.7 Å². The van der Waals surface area contributed by atoms with Gasteiger partial charge >= 0.3 is 0 Å². The zero-order valence-corrected chi connectivity index (χ0v) is 13.8. The fourth-order valence-electron chi connectivity index (χ4n) is 2.98. The Kier molecular flexibility index (Phi) is 6.85. The van der Waals surface area contributed by atoms with Crippen molar-refractivity contribution in [1.29, 1.82) is 0 Å². The maximum Gasteiger partial charge on any atom is 0.214 e. The molecule has 0 radical (unpaired) electrons. The molecule has 0 amide bonds. The van der Waals surface area contributed by atoms with E-state index < -0.39 is 16.1 Å². The van der Waals surface area contributed by atoms with E-state index in [-0.39, 0.29) is 5.75 Å². The van der Waals surface area contributed by atoms with Gasteiger partial charge in [0.15, 0.2) is 0 Å². The first-order chi connectivity index (χ1) is 10.6. The third kappa shape index (κ3) is 6.46. The number of nitrogens with one attached hydrogen (secondary N) is 2. The van der Waals surface area contributed by atoms with Gasteiger partial charge in [0.05, 0.1) is 23.9 Å². The monoisotopic (exact) mass is 329 g/mol. The summed E-state index contributed by atoms with van der Waals surface area (Å²) < 4.78 is 26.6. The lowest BCUT2D eigenvalue weighted by Gasteiger charge is -2.22. The van der Waals surface area contributed by atoms with Crippen LogP contribution in [0.25, 0.3) is 0 Å². The molecule has 2 rings (SSSR count). The Morgan fingerprint density at radius 1 is 1.36 bits per heavy atom. The van der Waals surface area contributed by atoms with Gasteiger partial charge in [-0.1, -0.05) is 19.3 Å². The largest absolute Gasteiger partial charge is 0.392 e. The number of aryl methyl sites for hydroxylation is 1. The lowest BCUT2D eigenvalue weighted by atomic mass is 9.90. The second-order valence-electron chi connectivity index (χ2n) is 6.24. The van der Waals surface area contributed by atoms with Gasteiger partial charge in [0.25, 0.3) is 0 Å². The summed E-state index contributed by atoms with van der Waals surface area (Å²) in [5, 5.41) is 9.90. The second kappa shape index (κ2) is 8.64. The molecule has 126 valence electrons. The Morgan fingerprint density at radius 3 is 2.82 bits per heavy atom. The van der Waals surface area contributed by atoms with Crippen LogP contribution in [0.15, 0.2) is 12.5 Å². The molecule has 0 bridgehead atoms. The van der Waals surface area contributed by atoms with E-state index in [1.807, 2.05) is 6.20 Å². The van der Waals surface area contributed by atoms with Crippen molar-refractivity contribution in [3.63, 3.8) is 0 Å². The molecule has 0 aliphatic heterocycles. The molecule has 0 spiro atoms. The topological polar surface area (TPSA) is 95.1 Å². The number of aliphatic hydroxyl groups is 1. The van der Waals surface area contributed by atoms with Crippen LogP contribution in [0.3, 0.4) is 0 Å². The standard InChI is InChI=1S/C15H27N3O3S/c19-15(8-4-7-14-10-16-12-17-14)11-22(20,21)18-9-13-5-2-1-3-6-13/h10,12-13,15,18-19H,1-9,11H2,(H,16,17). The molecule has 0 saturated heterocycles. The molecule has 3 N–H and O–H groups in total. The Hall–Kier alpha value is -0.920. The van der Waals surface area contributed by atoms with Crippen LogP contribution < -0.4 is 4.72 Å². The van der Waals surface area contributed by atoms with Gasteiger partial charge in [-0.3, -0.25) is 0 Å². The molecule has 0 aromatic carbocycles. The fourth-order valence-corrected chi connectivity index (χ4v) is 4.26. The molecule has 1 fully saturated rings. The summed E-state index contributed by atoms with van der Waals surface area (Å²) in [7, 11) is -3.39. The number of aliphatic hydroxyl groups excluding tert-OH is 1. The summed E-state index contributed by atoms with van der Waals surface area (Å²) in [6.07, 6.45) is 10.4. The Balaban J connectivity index is 1.64. The van der Waals surface area contributed by atoms with Crippen LogP contribution >= 0.6 is 0 Å². The van der Waals surface area contributed by atoms with E-state index in [0.717, 1.165) is 31.4 Å². The molecule has 1 atom stereocenters. The van der Waals surface area contributed by atoms with E-state index in [0.29, 0.717) is 18.9 Å². The summed E-state index contributed by atoms with van der Waals surface area (Å²) in [6.45, 7) is 0.516. The second-order valence-corrected chi connectivity index (χ2v) is 8.09. The van der Waals surface area contributed by atoms with Gasteiger partial charge in [0.1, 0.15) is 0 Å². The number of H-pyrrole nitrogens is 1. The molecule has 1 heterocycles. The normalized spacial score (nSPS) is 18.4. The van der Waals surface area contributed by atoms with Gasteiger partial charge in [-0.15, -0.1) is 0 Å². The minimum atomic E-state index is -3.39. The molecule has 22 heavy (non-hydrogen) atoms. The van der Waals surface area contributed by atoms with Crippen LogP contribution in [0.2, 0.25) is 0 Å². The molecule has 6 nitrogen and oxygen atoms in total. The zero-order valence-electron chi connectivity index (χ0n) is 13.0. The van der Waals surface area contributed by atoms with Gasteiger partial charge in [0.2, 0.25) is 10.0 Å². The quantitative estimate of drug-likeness (QED) is 0.641. The summed E-state index contributed by atoms with van der Waals surface area (Å²) in [5.41, 5.74) is 0.936. The highest BCUT2D eigenvalue weighted by Crippen LogP contribution is 2.22. The van der Waals surface area contributed by atoms with Crippen molar-refractivity contribution in [2.45, 2.75) is 57.5 Å². The number of hydrogen-bond acceptors (Lipinski definition) is 4. The van der Waals surface area contributed by atoms with E-state index in [1.165, 1.54) is 19.3 Å². The first-order valence-electron chi connectivity index (χ1n) is 8.18. The van der Waals surface area contributed by atoms with Crippen LogP contribution in [-0.2, 0) is 16.4 Å². The van der Waals surface area contributed by atoms with Crippen LogP contribution in [0.5, 0.6) is 0 Å². The minimum absolute atomic E-state index is 0.208. The average Bonchev–Trinajstić information content (AvgIpc) is 2.99. The van der Waals surface area contributed by atoms with E-state index >= 15 is 0 Å². The molecule has 7 heteroatoms. The fraction of sp³-hybridized carbons (Fsp3) is 0.800. The summed E-state index contributed by atoms with van der Waals surface area (Å²) in [4.78, 5) is 6.98. The van der Waals surface area contributed by atoms with Crippen molar-refractivity contribution < 1.29 is 13.5 Å². The Morgan fingerprint density at radius 2 is 2.14 bits per heavy atom. The van der Waals surface area contributed by atoms with Crippen LogP contribution in [0.4, 0.5) is 0 Å². The van der Waals surface area contributed by atoms with Crippen molar-refractivity contribution >= 4 is 10.0 Å². The number of sulfonamides is 1. The number of aromatic nitrogens is 2. The Bertz CT molecular complexity index is 510. The summed E-state index contributed by atoms with van der Waals surface area (Å²) in [6, 6.07) is 0. The van der Waals surface area contributed by atoms with Crippen LogP contribution in [0.1, 0.15) is 50.6 Å². The van der Waals surface area contributed by atoms with Crippen molar-refractivity contribution in [2.24, 2.45) is 5.92 Å². The molecule has 1 saturated carbocycles. The molecule has 1 aliphatic rings. The highest BCUT2D eigenvalue weighted by atomic mass is 32.2. The summed E-state index contributed by atoms with van der Waals surface area (Å²) in [5.74, 6) is 0.251. The number of rotatable bonds is 9. The van der Waals surface area contributed by atoms with Gasteiger partial charge in [-0.2, -0.15) is 0 Å². The number of aromatic amines is 1. The van der Waals surface area contributed by atoms with Crippen LogP contribution in [0, 0.1) is 5.92 Å². The van der Waals surface area contributed by atoms with E-state index in [4.69, 9.17) is 0 Å². The van der Waals surface area contributed by atoms with E-state index in [2.05, 4.69) is 14.7 Å². The predicted octanol–water partition coefficient (Wildman–Crippen LogP) is 1.59. The van der Waals surface area contributed by atoms with Gasteiger partial charge < -0.3 is 10.1 Å². The van der Waals surface area contributed by atoms with Crippen molar-refractivity contribution in [2.75, 3.05) is 12.3 Å². The molecule has 1 unspecified atom stereocenters. The maximum atomic E-state index is 12.0. The van der Waals surface area contributed by atoms with Crippen LogP contribution in [-0.4, -0.2) is 41.9 Å². The lowest BCUT2D eigenvalue weighted by Crippen LogP contribution is -2.35. The first-order valence-corrected chi connectivity index (χ1v) is 9.83. The van der Waals surface area contributed by atoms with Crippen molar-refractivity contribution in [3.05, 3.63) is 18.2 Å². The average molecular weight is 329 g/mol. The molecule has 1 aliphatic carbocycles. The minimum Gasteiger partial charge on any atom is -0.392 e.